The predicted molar refractivity (Wildman–Crippen MR) is 80.2 cm³/mol. The number of nitrogens with zero attached hydrogens (tertiary/aromatic N) is 4. The third-order valence-corrected chi connectivity index (χ3v) is 3.19. The molecule has 6 heteroatoms. The van der Waals surface area contributed by atoms with E-state index in [0.717, 1.165) is 35.5 Å². The van der Waals surface area contributed by atoms with Crippen molar-refractivity contribution in [2.75, 3.05) is 20.3 Å². The topological polar surface area (TPSA) is 64.9 Å². The van der Waals surface area contributed by atoms with Crippen LogP contribution in [0.4, 0.5) is 0 Å². The van der Waals surface area contributed by atoms with Crippen molar-refractivity contribution in [2.24, 2.45) is 0 Å². The van der Waals surface area contributed by atoms with Gasteiger partial charge < -0.3 is 10.1 Å². The average molecular weight is 283 g/mol. The largest absolute Gasteiger partial charge is 0.383 e. The fourth-order valence-electron chi connectivity index (χ4n) is 2.09. The van der Waals surface area contributed by atoms with E-state index in [1.807, 2.05) is 42.6 Å². The van der Waals surface area contributed by atoms with Crippen molar-refractivity contribution in [1.29, 1.82) is 0 Å². The van der Waals surface area contributed by atoms with Gasteiger partial charge in [0, 0.05) is 26.4 Å². The van der Waals surface area contributed by atoms with Crippen LogP contribution >= 0.6 is 0 Å². The number of methoxy groups -OCH3 is 1. The molecule has 0 unspecified atom stereocenters. The molecule has 1 aromatic carbocycles. The summed E-state index contributed by atoms with van der Waals surface area (Å²) in [5.74, 6) is 0.768. The molecule has 21 heavy (non-hydrogen) atoms. The Morgan fingerprint density at radius 2 is 2.10 bits per heavy atom. The molecule has 0 spiro atoms. The van der Waals surface area contributed by atoms with Gasteiger partial charge in [-0.2, -0.15) is 4.68 Å². The lowest BCUT2D eigenvalue weighted by Gasteiger charge is -2.05. The van der Waals surface area contributed by atoms with E-state index in [1.54, 1.807) is 11.8 Å². The number of nitrogens with one attached hydrogen (secondary N) is 1. The fraction of sp³-hybridized carbons (Fsp3) is 0.267. The van der Waals surface area contributed by atoms with Gasteiger partial charge in [0.25, 0.3) is 0 Å². The van der Waals surface area contributed by atoms with Crippen LogP contribution in [0.25, 0.3) is 16.9 Å². The van der Waals surface area contributed by atoms with E-state index >= 15 is 0 Å². The highest BCUT2D eigenvalue weighted by Crippen LogP contribution is 2.14. The van der Waals surface area contributed by atoms with Crippen LogP contribution in [0.5, 0.6) is 0 Å². The molecule has 0 fully saturated rings. The molecule has 0 atom stereocenters. The van der Waals surface area contributed by atoms with E-state index in [4.69, 9.17) is 4.74 Å². The number of hydrogen-bond donors (Lipinski definition) is 1. The van der Waals surface area contributed by atoms with Crippen molar-refractivity contribution >= 4 is 11.0 Å². The van der Waals surface area contributed by atoms with Crippen LogP contribution in [0.2, 0.25) is 0 Å². The van der Waals surface area contributed by atoms with E-state index in [2.05, 4.69) is 20.6 Å². The van der Waals surface area contributed by atoms with Gasteiger partial charge in [-0.05, 0) is 23.8 Å². The smallest absolute Gasteiger partial charge is 0.155 e. The molecule has 2 aromatic heterocycles. The average Bonchev–Trinajstić information content (AvgIpc) is 2.96. The summed E-state index contributed by atoms with van der Waals surface area (Å²) < 4.78 is 6.74. The number of benzene rings is 1. The Balaban J connectivity index is 1.75. The molecule has 0 saturated heterocycles. The Bertz CT molecular complexity index is 707. The first-order valence-electron chi connectivity index (χ1n) is 6.84. The van der Waals surface area contributed by atoms with Gasteiger partial charge in [0.05, 0.1) is 12.1 Å². The van der Waals surface area contributed by atoms with Gasteiger partial charge in [0.1, 0.15) is 5.52 Å². The zero-order chi connectivity index (χ0) is 14.5. The van der Waals surface area contributed by atoms with Crippen LogP contribution in [0.3, 0.4) is 0 Å². The van der Waals surface area contributed by atoms with Gasteiger partial charge in [-0.3, -0.25) is 0 Å². The summed E-state index contributed by atoms with van der Waals surface area (Å²) in [6, 6.07) is 11.8. The number of pyridine rings is 1. The molecular formula is C15H17N5O. The second kappa shape index (κ2) is 6.43. The van der Waals surface area contributed by atoms with E-state index in [0.29, 0.717) is 6.61 Å². The summed E-state index contributed by atoms with van der Waals surface area (Å²) in [5, 5.41) is 11.6. The Morgan fingerprint density at radius 3 is 2.90 bits per heavy atom. The normalized spacial score (nSPS) is 11.1. The lowest BCUT2D eigenvalue weighted by Crippen LogP contribution is -2.18. The molecule has 0 bridgehead atoms. The van der Waals surface area contributed by atoms with Crippen LogP contribution in [0.15, 0.2) is 42.6 Å². The standard InChI is InChI=1S/C15H17N5O/c1-21-9-8-16-10-12-6-7-15(17-11-12)20-14-5-3-2-4-13(14)18-19-20/h2-7,11,16H,8-10H2,1H3. The molecule has 2 heterocycles. The third-order valence-electron chi connectivity index (χ3n) is 3.19. The highest BCUT2D eigenvalue weighted by atomic mass is 16.5. The van der Waals surface area contributed by atoms with Crippen molar-refractivity contribution in [3.63, 3.8) is 0 Å². The zero-order valence-corrected chi connectivity index (χ0v) is 11.9. The van der Waals surface area contributed by atoms with Gasteiger partial charge in [-0.1, -0.05) is 23.4 Å². The monoisotopic (exact) mass is 283 g/mol. The van der Waals surface area contributed by atoms with Crippen molar-refractivity contribution in [1.82, 2.24) is 25.3 Å². The molecule has 108 valence electrons. The third kappa shape index (κ3) is 3.07. The molecule has 0 saturated carbocycles. The fourth-order valence-corrected chi connectivity index (χ4v) is 2.09. The molecule has 1 N–H and O–H groups in total. The second-order valence-corrected chi connectivity index (χ2v) is 4.68. The van der Waals surface area contributed by atoms with Crippen molar-refractivity contribution in [3.05, 3.63) is 48.2 Å². The second-order valence-electron chi connectivity index (χ2n) is 4.68. The number of rotatable bonds is 6. The quantitative estimate of drug-likeness (QED) is 0.695. The van der Waals surface area contributed by atoms with Gasteiger partial charge in [-0.15, -0.1) is 5.10 Å². The minimum atomic E-state index is 0.705. The van der Waals surface area contributed by atoms with Gasteiger partial charge in [0.2, 0.25) is 0 Å². The Hall–Kier alpha value is -2.31. The molecule has 0 radical (unpaired) electrons. The Kier molecular flexibility index (Phi) is 4.18. The zero-order valence-electron chi connectivity index (χ0n) is 11.9. The first-order valence-corrected chi connectivity index (χ1v) is 6.84. The maximum absolute atomic E-state index is 4.99. The van der Waals surface area contributed by atoms with Crippen LogP contribution in [-0.4, -0.2) is 40.2 Å². The van der Waals surface area contributed by atoms with Crippen LogP contribution < -0.4 is 5.32 Å². The number of para-hydroxylation sites is 1. The molecule has 3 rings (SSSR count). The van der Waals surface area contributed by atoms with Gasteiger partial charge in [-0.25, -0.2) is 4.98 Å². The molecule has 0 aliphatic heterocycles. The molecular weight excluding hydrogens is 266 g/mol. The first kappa shape index (κ1) is 13.7. The van der Waals surface area contributed by atoms with E-state index in [-0.39, 0.29) is 0 Å². The first-order chi connectivity index (χ1) is 10.4. The molecule has 0 aliphatic rings. The summed E-state index contributed by atoms with van der Waals surface area (Å²) in [7, 11) is 1.69. The minimum absolute atomic E-state index is 0.705. The van der Waals surface area contributed by atoms with Crippen molar-refractivity contribution in [2.45, 2.75) is 6.54 Å². The lowest BCUT2D eigenvalue weighted by molar-refractivity contribution is 0.199. The SMILES string of the molecule is COCCNCc1ccc(-n2nnc3ccccc32)nc1. The van der Waals surface area contributed by atoms with E-state index in [9.17, 15) is 0 Å². The highest BCUT2D eigenvalue weighted by Gasteiger charge is 2.06. The lowest BCUT2D eigenvalue weighted by atomic mass is 10.2. The summed E-state index contributed by atoms with van der Waals surface area (Å²) in [6.07, 6.45) is 1.85. The van der Waals surface area contributed by atoms with E-state index < -0.39 is 0 Å². The summed E-state index contributed by atoms with van der Waals surface area (Å²) in [5.41, 5.74) is 2.94. The van der Waals surface area contributed by atoms with Crippen LogP contribution in [0.1, 0.15) is 5.56 Å². The Labute approximate surface area is 122 Å². The van der Waals surface area contributed by atoms with Gasteiger partial charge >= 0.3 is 0 Å². The van der Waals surface area contributed by atoms with Gasteiger partial charge in [0.15, 0.2) is 5.82 Å². The Morgan fingerprint density at radius 1 is 1.19 bits per heavy atom. The molecule has 3 aromatic rings. The summed E-state index contributed by atoms with van der Waals surface area (Å²) in [6.45, 7) is 2.30. The molecule has 6 nitrogen and oxygen atoms in total. The maximum Gasteiger partial charge on any atom is 0.155 e. The maximum atomic E-state index is 4.99. The van der Waals surface area contributed by atoms with Crippen molar-refractivity contribution in [3.8, 4) is 5.82 Å². The van der Waals surface area contributed by atoms with E-state index in [1.165, 1.54) is 0 Å². The molecule has 0 amide bonds. The highest BCUT2D eigenvalue weighted by molar-refractivity contribution is 5.75. The number of aromatic nitrogens is 4. The summed E-state index contributed by atoms with van der Waals surface area (Å²) >= 11 is 0. The minimum Gasteiger partial charge on any atom is -0.383 e. The van der Waals surface area contributed by atoms with Crippen molar-refractivity contribution < 1.29 is 4.74 Å². The van der Waals surface area contributed by atoms with Crippen LogP contribution in [0, 0.1) is 0 Å². The number of hydrogen-bond acceptors (Lipinski definition) is 5. The predicted octanol–water partition coefficient (Wildman–Crippen LogP) is 1.55. The molecule has 0 aliphatic carbocycles. The number of ether oxygens (including phenoxy) is 1. The summed E-state index contributed by atoms with van der Waals surface area (Å²) in [4.78, 5) is 4.46. The van der Waals surface area contributed by atoms with Crippen LogP contribution in [-0.2, 0) is 11.3 Å². The number of fused-ring (bicyclic) bond motifs is 1.